The van der Waals surface area contributed by atoms with Gasteiger partial charge in [0.1, 0.15) is 11.4 Å². The van der Waals surface area contributed by atoms with Crippen molar-refractivity contribution in [3.63, 3.8) is 0 Å². The van der Waals surface area contributed by atoms with Gasteiger partial charge in [-0.3, -0.25) is 19.5 Å². The lowest BCUT2D eigenvalue weighted by Crippen LogP contribution is -2.37. The Balaban J connectivity index is 0.00000308. The molecule has 1 aliphatic heterocycles. The SMILES string of the molecule is CC(=O)NCCN1CCc2ccc(Nc3ncc(C(=O)NC(C)C)c(Nc4ccnc(C(C)(C)C)c4)n3)cc2C1.[HH].[HH]. The molecule has 1 aliphatic rings. The molecule has 216 valence electrons. The van der Waals surface area contributed by atoms with E-state index in [1.165, 1.54) is 18.1 Å². The Morgan fingerprint density at radius 2 is 1.82 bits per heavy atom. The van der Waals surface area contributed by atoms with Crippen LogP contribution in [0.1, 0.15) is 71.6 Å². The Kier molecular flexibility index (Phi) is 8.99. The molecule has 0 fully saturated rings. The zero-order valence-corrected chi connectivity index (χ0v) is 24.3. The van der Waals surface area contributed by atoms with Crippen molar-refractivity contribution < 1.29 is 12.4 Å². The van der Waals surface area contributed by atoms with Gasteiger partial charge in [-0.25, -0.2) is 4.98 Å². The summed E-state index contributed by atoms with van der Waals surface area (Å²) in [6.45, 7) is 14.9. The molecule has 4 N–H and O–H groups in total. The van der Waals surface area contributed by atoms with Crippen molar-refractivity contribution >= 4 is 35.0 Å². The smallest absolute Gasteiger partial charge is 0.256 e. The number of anilines is 4. The standard InChI is InChI=1S/C30H40N8O2.2H2/c1-19(2)34-28(40)25-17-33-29(37-27(25)35-24-9-11-32-26(16-24)30(4,5)6)36-23-8-7-21-10-13-38(18-22(21)15-23)14-12-31-20(3)39;;/h7-9,11,15-17,19H,10,12-14,18H2,1-6H3,(H,31,39)(H,34,40)(H2,32,33,35,36,37);2*1H. The van der Waals surface area contributed by atoms with Crippen molar-refractivity contribution in [1.82, 2.24) is 30.5 Å². The van der Waals surface area contributed by atoms with E-state index >= 15 is 0 Å². The van der Waals surface area contributed by atoms with Crippen LogP contribution >= 0.6 is 0 Å². The Morgan fingerprint density at radius 3 is 2.55 bits per heavy atom. The number of hydrogen-bond acceptors (Lipinski definition) is 8. The molecule has 4 rings (SSSR count). The van der Waals surface area contributed by atoms with E-state index < -0.39 is 0 Å². The van der Waals surface area contributed by atoms with Gasteiger partial charge in [0.25, 0.3) is 5.91 Å². The van der Waals surface area contributed by atoms with Crippen molar-refractivity contribution in [1.29, 1.82) is 0 Å². The van der Waals surface area contributed by atoms with E-state index in [0.717, 1.165) is 43.1 Å². The van der Waals surface area contributed by atoms with Crippen LogP contribution in [0.4, 0.5) is 23.1 Å². The number of hydrogen-bond donors (Lipinski definition) is 4. The molecular formula is C30H44N8O2. The fourth-order valence-corrected chi connectivity index (χ4v) is 4.50. The van der Waals surface area contributed by atoms with E-state index in [0.29, 0.717) is 23.9 Å². The van der Waals surface area contributed by atoms with Gasteiger partial charge in [0, 0.05) is 76.9 Å². The summed E-state index contributed by atoms with van der Waals surface area (Å²) in [5.41, 5.74) is 5.37. The van der Waals surface area contributed by atoms with E-state index in [2.05, 4.69) is 69.0 Å². The largest absolute Gasteiger partial charge is 0.355 e. The number of nitrogens with one attached hydrogen (secondary N) is 4. The first-order valence-electron chi connectivity index (χ1n) is 13.7. The van der Waals surface area contributed by atoms with Crippen LogP contribution in [-0.2, 0) is 23.2 Å². The van der Waals surface area contributed by atoms with Crippen molar-refractivity contribution in [3.8, 4) is 0 Å². The second kappa shape index (κ2) is 12.4. The molecule has 10 nitrogen and oxygen atoms in total. The van der Waals surface area contributed by atoms with E-state index in [9.17, 15) is 9.59 Å². The molecule has 0 unspecified atom stereocenters. The van der Waals surface area contributed by atoms with Crippen LogP contribution in [0.5, 0.6) is 0 Å². The van der Waals surface area contributed by atoms with E-state index in [-0.39, 0.29) is 26.1 Å². The zero-order valence-electron chi connectivity index (χ0n) is 24.3. The highest BCUT2D eigenvalue weighted by Crippen LogP contribution is 2.27. The summed E-state index contributed by atoms with van der Waals surface area (Å²) in [6.07, 6.45) is 4.26. The molecule has 0 saturated carbocycles. The van der Waals surface area contributed by atoms with Gasteiger partial charge < -0.3 is 21.3 Å². The summed E-state index contributed by atoms with van der Waals surface area (Å²) < 4.78 is 0. The minimum Gasteiger partial charge on any atom is -0.355 e. The summed E-state index contributed by atoms with van der Waals surface area (Å²) >= 11 is 0. The van der Waals surface area contributed by atoms with Crippen LogP contribution in [0, 0.1) is 0 Å². The lowest BCUT2D eigenvalue weighted by molar-refractivity contribution is -0.119. The monoisotopic (exact) mass is 548 g/mol. The lowest BCUT2D eigenvalue weighted by atomic mass is 9.91. The van der Waals surface area contributed by atoms with Crippen molar-refractivity contribution in [2.45, 2.75) is 66.0 Å². The quantitative estimate of drug-likeness (QED) is 0.301. The predicted molar refractivity (Wildman–Crippen MR) is 162 cm³/mol. The predicted octanol–water partition coefficient (Wildman–Crippen LogP) is 4.78. The second-order valence-electron chi connectivity index (χ2n) is 11.5. The van der Waals surface area contributed by atoms with E-state index in [4.69, 9.17) is 4.98 Å². The van der Waals surface area contributed by atoms with Gasteiger partial charge in [0.15, 0.2) is 0 Å². The minimum absolute atomic E-state index is 0. The molecule has 0 aliphatic carbocycles. The number of fused-ring (bicyclic) bond motifs is 1. The molecule has 0 saturated heterocycles. The highest BCUT2D eigenvalue weighted by Gasteiger charge is 2.20. The topological polar surface area (TPSA) is 124 Å². The first-order valence-corrected chi connectivity index (χ1v) is 13.7. The number of rotatable bonds is 9. The Morgan fingerprint density at radius 1 is 1.05 bits per heavy atom. The average Bonchev–Trinajstić information content (AvgIpc) is 2.88. The zero-order chi connectivity index (χ0) is 28.9. The molecule has 0 spiro atoms. The van der Waals surface area contributed by atoms with Crippen LogP contribution in [0.2, 0.25) is 0 Å². The molecular weight excluding hydrogens is 504 g/mol. The number of nitrogens with zero attached hydrogens (tertiary/aromatic N) is 4. The van der Waals surface area contributed by atoms with Gasteiger partial charge in [-0.1, -0.05) is 26.8 Å². The van der Waals surface area contributed by atoms with Crippen molar-refractivity contribution in [2.75, 3.05) is 30.3 Å². The van der Waals surface area contributed by atoms with Crippen molar-refractivity contribution in [2.24, 2.45) is 0 Å². The fourth-order valence-electron chi connectivity index (χ4n) is 4.50. The average molecular weight is 549 g/mol. The number of amides is 2. The third-order valence-corrected chi connectivity index (χ3v) is 6.60. The molecule has 0 radical (unpaired) electrons. The minimum atomic E-state index is -0.248. The fraction of sp³-hybridized carbons (Fsp3) is 0.433. The molecule has 2 amide bonds. The number of pyridine rings is 1. The molecule has 40 heavy (non-hydrogen) atoms. The number of benzene rings is 1. The van der Waals surface area contributed by atoms with Crippen molar-refractivity contribution in [3.05, 3.63) is 65.1 Å². The Bertz CT molecular complexity index is 1380. The number of aromatic nitrogens is 3. The van der Waals surface area contributed by atoms with Gasteiger partial charge in [0.2, 0.25) is 11.9 Å². The highest BCUT2D eigenvalue weighted by atomic mass is 16.2. The van der Waals surface area contributed by atoms with Gasteiger partial charge in [-0.05, 0) is 55.7 Å². The highest BCUT2D eigenvalue weighted by molar-refractivity contribution is 5.99. The van der Waals surface area contributed by atoms with Crippen LogP contribution in [-0.4, -0.2) is 57.3 Å². The summed E-state index contributed by atoms with van der Waals surface area (Å²) in [5, 5.41) is 12.4. The molecule has 3 aromatic rings. The number of carbonyl (C=O) groups excluding carboxylic acids is 2. The third-order valence-electron chi connectivity index (χ3n) is 6.60. The maximum Gasteiger partial charge on any atom is 0.256 e. The van der Waals surface area contributed by atoms with Gasteiger partial charge >= 0.3 is 0 Å². The first-order chi connectivity index (χ1) is 19.0. The Labute approximate surface area is 239 Å². The summed E-state index contributed by atoms with van der Waals surface area (Å²) in [5.74, 6) is 0.530. The maximum absolute atomic E-state index is 13.0. The Hall–Kier alpha value is -4.05. The summed E-state index contributed by atoms with van der Waals surface area (Å²) in [6, 6.07) is 10.1. The molecule has 2 aromatic heterocycles. The van der Waals surface area contributed by atoms with E-state index in [1.807, 2.05) is 32.0 Å². The summed E-state index contributed by atoms with van der Waals surface area (Å²) in [7, 11) is 0. The van der Waals surface area contributed by atoms with Crippen LogP contribution in [0.3, 0.4) is 0 Å². The molecule has 10 heteroatoms. The van der Waals surface area contributed by atoms with Crippen LogP contribution in [0.15, 0.2) is 42.7 Å². The van der Waals surface area contributed by atoms with Crippen LogP contribution < -0.4 is 21.3 Å². The van der Waals surface area contributed by atoms with E-state index in [1.54, 1.807) is 12.4 Å². The molecule has 3 heterocycles. The second-order valence-corrected chi connectivity index (χ2v) is 11.5. The van der Waals surface area contributed by atoms with Gasteiger partial charge in [-0.15, -0.1) is 0 Å². The van der Waals surface area contributed by atoms with Gasteiger partial charge in [-0.2, -0.15) is 4.98 Å². The summed E-state index contributed by atoms with van der Waals surface area (Å²) in [4.78, 5) is 40.2. The maximum atomic E-state index is 13.0. The molecule has 0 bridgehead atoms. The number of carbonyl (C=O) groups is 2. The molecule has 1 aromatic carbocycles. The normalized spacial score (nSPS) is 13.5. The lowest BCUT2D eigenvalue weighted by Gasteiger charge is -2.29. The van der Waals surface area contributed by atoms with Crippen LogP contribution in [0.25, 0.3) is 0 Å². The first kappa shape index (κ1) is 28.9. The third kappa shape index (κ3) is 7.75. The molecule has 0 atom stereocenters. The van der Waals surface area contributed by atoms with Gasteiger partial charge in [0.05, 0.1) is 0 Å².